The number of carbonyl (C=O) groups is 3. The number of nitrogens with zero attached hydrogens (tertiary/aromatic N) is 2. The molecule has 1 atom stereocenters. The maximum absolute atomic E-state index is 12.5. The van der Waals surface area contributed by atoms with Crippen molar-refractivity contribution >= 4 is 17.8 Å². The van der Waals surface area contributed by atoms with Crippen molar-refractivity contribution in [1.82, 2.24) is 9.80 Å². The van der Waals surface area contributed by atoms with E-state index in [0.29, 0.717) is 25.9 Å². The Bertz CT molecular complexity index is 700. The van der Waals surface area contributed by atoms with E-state index in [1.165, 1.54) is 4.90 Å². The van der Waals surface area contributed by atoms with Gasteiger partial charge in [-0.25, -0.2) is 0 Å². The molecule has 8 nitrogen and oxygen atoms in total. The second-order valence-corrected chi connectivity index (χ2v) is 6.99. The molecular weight excluding hydrogens is 364 g/mol. The zero-order chi connectivity index (χ0) is 20.7. The van der Waals surface area contributed by atoms with Gasteiger partial charge in [0, 0.05) is 20.1 Å². The number of carboxylic acid groups (broad SMARTS) is 1. The first kappa shape index (κ1) is 21.7. The molecule has 1 N–H and O–H groups in total. The van der Waals surface area contributed by atoms with E-state index in [4.69, 9.17) is 14.6 Å². The molecule has 1 unspecified atom stereocenters. The maximum atomic E-state index is 12.5. The summed E-state index contributed by atoms with van der Waals surface area (Å²) in [5, 5.41) is 9.03. The molecule has 1 aliphatic rings. The molecule has 2 amide bonds. The van der Waals surface area contributed by atoms with Gasteiger partial charge in [-0.2, -0.15) is 0 Å². The number of carbonyl (C=O) groups excluding carboxylic acids is 2. The maximum Gasteiger partial charge on any atom is 0.306 e. The predicted molar refractivity (Wildman–Crippen MR) is 102 cm³/mol. The normalized spacial score (nSPS) is 15.8. The van der Waals surface area contributed by atoms with Crippen LogP contribution >= 0.6 is 0 Å². The number of ether oxygens (including phenoxy) is 2. The molecule has 154 valence electrons. The molecule has 1 heterocycles. The van der Waals surface area contributed by atoms with Crippen molar-refractivity contribution in [2.75, 3.05) is 33.8 Å². The highest BCUT2D eigenvalue weighted by atomic mass is 16.5. The number of likely N-dealkylation sites (N-methyl/N-ethyl adjacent to an activating group) is 1. The number of likely N-dealkylation sites (tertiary alicyclic amines) is 1. The molecular formula is C20H28N2O6. The molecule has 1 aromatic carbocycles. The molecule has 0 aliphatic carbocycles. The van der Waals surface area contributed by atoms with Crippen LogP contribution in [0.15, 0.2) is 24.3 Å². The van der Waals surface area contributed by atoms with Crippen molar-refractivity contribution in [3.63, 3.8) is 0 Å². The third-order valence-corrected chi connectivity index (χ3v) is 4.93. The average Bonchev–Trinajstić information content (AvgIpc) is 2.71. The number of benzene rings is 1. The summed E-state index contributed by atoms with van der Waals surface area (Å²) in [5.41, 5.74) is 0.888. The molecule has 8 heteroatoms. The topological polar surface area (TPSA) is 96.4 Å². The highest BCUT2D eigenvalue weighted by molar-refractivity contribution is 5.86. The summed E-state index contributed by atoms with van der Waals surface area (Å²) in [6, 6.07) is 7.40. The van der Waals surface area contributed by atoms with Gasteiger partial charge in [0.05, 0.1) is 26.2 Å². The Kier molecular flexibility index (Phi) is 7.80. The van der Waals surface area contributed by atoms with Crippen molar-refractivity contribution < 1.29 is 29.0 Å². The highest BCUT2D eigenvalue weighted by Crippen LogP contribution is 2.18. The molecule has 0 bridgehead atoms. The smallest absolute Gasteiger partial charge is 0.306 e. The van der Waals surface area contributed by atoms with E-state index in [0.717, 1.165) is 11.3 Å². The van der Waals surface area contributed by atoms with Crippen LogP contribution in [0.2, 0.25) is 0 Å². The van der Waals surface area contributed by atoms with Gasteiger partial charge in [-0.15, -0.1) is 0 Å². The first-order valence-corrected chi connectivity index (χ1v) is 9.32. The summed E-state index contributed by atoms with van der Waals surface area (Å²) in [5.74, 6) is -0.958. The fourth-order valence-electron chi connectivity index (χ4n) is 3.12. The molecule has 0 saturated carbocycles. The zero-order valence-corrected chi connectivity index (χ0v) is 16.6. The van der Waals surface area contributed by atoms with Gasteiger partial charge >= 0.3 is 5.97 Å². The second-order valence-electron chi connectivity index (χ2n) is 6.99. The Morgan fingerprint density at radius 3 is 2.57 bits per heavy atom. The van der Waals surface area contributed by atoms with Gasteiger partial charge in [-0.1, -0.05) is 12.1 Å². The number of piperidine rings is 1. The second kappa shape index (κ2) is 10.1. The fourth-order valence-corrected chi connectivity index (χ4v) is 3.12. The van der Waals surface area contributed by atoms with Crippen LogP contribution < -0.4 is 4.74 Å². The van der Waals surface area contributed by atoms with Gasteiger partial charge in [0.2, 0.25) is 5.91 Å². The number of amides is 2. The third-order valence-electron chi connectivity index (χ3n) is 4.93. The summed E-state index contributed by atoms with van der Waals surface area (Å²) in [7, 11) is 3.15. The summed E-state index contributed by atoms with van der Waals surface area (Å²) >= 11 is 0. The van der Waals surface area contributed by atoms with Crippen molar-refractivity contribution in [3.8, 4) is 5.75 Å². The number of hydrogen-bond donors (Lipinski definition) is 1. The van der Waals surface area contributed by atoms with Crippen LogP contribution in [0.4, 0.5) is 0 Å². The lowest BCUT2D eigenvalue weighted by molar-refractivity contribution is -0.149. The third kappa shape index (κ3) is 5.95. The van der Waals surface area contributed by atoms with Crippen LogP contribution in [-0.4, -0.2) is 72.6 Å². The molecule has 2 rings (SSSR count). The van der Waals surface area contributed by atoms with Gasteiger partial charge in [0.1, 0.15) is 11.9 Å². The minimum atomic E-state index is -0.818. The summed E-state index contributed by atoms with van der Waals surface area (Å²) in [6.45, 7) is 2.67. The largest absolute Gasteiger partial charge is 0.497 e. The van der Waals surface area contributed by atoms with Gasteiger partial charge < -0.3 is 24.4 Å². The van der Waals surface area contributed by atoms with Crippen molar-refractivity contribution in [2.45, 2.75) is 32.5 Å². The van der Waals surface area contributed by atoms with E-state index in [1.807, 2.05) is 24.3 Å². The molecule has 0 spiro atoms. The van der Waals surface area contributed by atoms with Gasteiger partial charge in [-0.05, 0) is 37.5 Å². The van der Waals surface area contributed by atoms with Gasteiger partial charge in [-0.3, -0.25) is 14.4 Å². The summed E-state index contributed by atoms with van der Waals surface area (Å²) < 4.78 is 10.8. The minimum absolute atomic E-state index is 0.0522. The Labute approximate surface area is 165 Å². The van der Waals surface area contributed by atoms with E-state index < -0.39 is 18.0 Å². The van der Waals surface area contributed by atoms with Gasteiger partial charge in [0.25, 0.3) is 5.91 Å². The molecule has 1 saturated heterocycles. The number of aliphatic carboxylic acids is 1. The lowest BCUT2D eigenvalue weighted by atomic mass is 9.97. The molecule has 1 aromatic rings. The van der Waals surface area contributed by atoms with Crippen LogP contribution in [0.1, 0.15) is 25.3 Å². The first-order valence-electron chi connectivity index (χ1n) is 9.32. The molecule has 28 heavy (non-hydrogen) atoms. The van der Waals surface area contributed by atoms with Crippen LogP contribution in [0.25, 0.3) is 0 Å². The zero-order valence-electron chi connectivity index (χ0n) is 16.6. The number of hydrogen-bond acceptors (Lipinski definition) is 5. The van der Waals surface area contributed by atoms with E-state index >= 15 is 0 Å². The number of carboxylic acids is 1. The Morgan fingerprint density at radius 1 is 1.29 bits per heavy atom. The average molecular weight is 392 g/mol. The highest BCUT2D eigenvalue weighted by Gasteiger charge is 2.28. The minimum Gasteiger partial charge on any atom is -0.497 e. The van der Waals surface area contributed by atoms with Gasteiger partial charge in [0.15, 0.2) is 0 Å². The van der Waals surface area contributed by atoms with E-state index in [-0.39, 0.29) is 25.0 Å². The predicted octanol–water partition coefficient (Wildman–Crippen LogP) is 1.38. The fraction of sp³-hybridized carbons (Fsp3) is 0.550. The van der Waals surface area contributed by atoms with Crippen LogP contribution in [0.3, 0.4) is 0 Å². The van der Waals surface area contributed by atoms with Crippen molar-refractivity contribution in [2.24, 2.45) is 5.92 Å². The van der Waals surface area contributed by atoms with Crippen LogP contribution in [0, 0.1) is 5.92 Å². The van der Waals surface area contributed by atoms with Crippen LogP contribution in [-0.2, 0) is 25.7 Å². The Balaban J connectivity index is 1.79. The van der Waals surface area contributed by atoms with E-state index in [9.17, 15) is 14.4 Å². The molecule has 1 fully saturated rings. The Hall–Kier alpha value is -2.61. The Morgan fingerprint density at radius 2 is 1.96 bits per heavy atom. The SMILES string of the molecule is COc1cccc(COC(C)C(=O)N(C)CC(=O)N2CCC(C(=O)O)CC2)c1. The van der Waals surface area contributed by atoms with Crippen molar-refractivity contribution in [3.05, 3.63) is 29.8 Å². The quantitative estimate of drug-likeness (QED) is 0.718. The first-order chi connectivity index (χ1) is 13.3. The van der Waals surface area contributed by atoms with E-state index in [2.05, 4.69) is 0 Å². The van der Waals surface area contributed by atoms with E-state index in [1.54, 1.807) is 26.0 Å². The lowest BCUT2D eigenvalue weighted by Gasteiger charge is -2.31. The van der Waals surface area contributed by atoms with Crippen LogP contribution in [0.5, 0.6) is 5.75 Å². The lowest BCUT2D eigenvalue weighted by Crippen LogP contribution is -2.47. The van der Waals surface area contributed by atoms with Crippen molar-refractivity contribution in [1.29, 1.82) is 0 Å². The summed E-state index contributed by atoms with van der Waals surface area (Å²) in [6.07, 6.45) is 0.194. The molecule has 1 aliphatic heterocycles. The standard InChI is InChI=1S/C20H28N2O6/c1-14(28-13-15-5-4-6-17(11-15)27-3)19(24)21(2)12-18(23)22-9-7-16(8-10-22)20(25)26/h4-6,11,14,16H,7-10,12-13H2,1-3H3,(H,25,26). The molecule has 0 radical (unpaired) electrons. The number of rotatable bonds is 8. The molecule has 0 aromatic heterocycles. The number of methoxy groups -OCH3 is 1. The monoisotopic (exact) mass is 392 g/mol. The summed E-state index contributed by atoms with van der Waals surface area (Å²) in [4.78, 5) is 38.8.